The molecule has 2 aliphatic rings. The molecule has 0 aromatic heterocycles. The number of thioether (sulfide) groups is 1. The molecule has 7 heteroatoms. The van der Waals surface area contributed by atoms with Gasteiger partial charge >= 0.3 is 0 Å². The first kappa shape index (κ1) is 23.9. The third-order valence-corrected chi connectivity index (χ3v) is 7.96. The molecule has 174 valence electrons. The van der Waals surface area contributed by atoms with Crippen molar-refractivity contribution in [3.63, 3.8) is 0 Å². The van der Waals surface area contributed by atoms with Crippen LogP contribution in [0.25, 0.3) is 17.2 Å². The lowest BCUT2D eigenvalue weighted by Gasteiger charge is -2.42. The number of rotatable bonds is 3. The molecular weight excluding hydrogens is 460 g/mol. The minimum Gasteiger partial charge on any atom is -0.493 e. The van der Waals surface area contributed by atoms with Crippen molar-refractivity contribution in [2.24, 2.45) is 0 Å². The number of hydrogen-bond donors (Lipinski definition) is 1. The van der Waals surface area contributed by atoms with Gasteiger partial charge < -0.3 is 10.1 Å². The molecule has 0 radical (unpaired) electrons. The van der Waals surface area contributed by atoms with Crippen molar-refractivity contribution >= 4 is 40.3 Å². The largest absolute Gasteiger partial charge is 0.493 e. The number of carbonyl (C=O) groups is 1. The molecule has 1 N–H and O–H groups in total. The smallest absolute Gasteiger partial charge is 0.263 e. The first-order chi connectivity index (χ1) is 15.4. The fourth-order valence-electron chi connectivity index (χ4n) is 4.73. The molecule has 1 fully saturated rings. The van der Waals surface area contributed by atoms with Crippen molar-refractivity contribution in [3.05, 3.63) is 57.0 Å². The van der Waals surface area contributed by atoms with E-state index in [0.29, 0.717) is 5.56 Å². The van der Waals surface area contributed by atoms with Crippen LogP contribution in [0.2, 0.25) is 0 Å². The van der Waals surface area contributed by atoms with E-state index in [1.54, 1.807) is 0 Å². The number of ether oxygens (including phenoxy) is 1. The van der Waals surface area contributed by atoms with Gasteiger partial charge in [-0.2, -0.15) is 0 Å². The van der Waals surface area contributed by atoms with E-state index in [4.69, 9.17) is 17.0 Å². The Hall–Kier alpha value is -2.25. The second-order valence-electron chi connectivity index (χ2n) is 10.0. The molecule has 1 amide bonds. The fourth-order valence-corrected chi connectivity index (χ4v) is 5.76. The van der Waals surface area contributed by atoms with Crippen molar-refractivity contribution in [1.29, 1.82) is 0 Å². The fraction of sp³-hybridized carbons (Fsp3) is 0.385. The first-order valence-electron chi connectivity index (χ1n) is 10.8. The Balaban J connectivity index is 1.98. The molecular formula is C26H27F2NO2S2. The molecule has 2 aromatic rings. The van der Waals surface area contributed by atoms with Crippen LogP contribution in [0.3, 0.4) is 0 Å². The first-order valence-corrected chi connectivity index (χ1v) is 12.0. The number of nitrogens with one attached hydrogen (secondary N) is 1. The van der Waals surface area contributed by atoms with Crippen LogP contribution >= 0.6 is 24.0 Å². The SMILES string of the molecule is COc1c(F)cc(/C=C2\SC(=S)NC2=O)c(F)c1-c1cc2c(cc1C)C(C)(C)CCC2(C)C. The molecule has 4 rings (SSSR count). The van der Waals surface area contributed by atoms with Gasteiger partial charge in [0.2, 0.25) is 0 Å². The Morgan fingerprint density at radius 1 is 1.09 bits per heavy atom. The highest BCUT2D eigenvalue weighted by atomic mass is 32.2. The van der Waals surface area contributed by atoms with Crippen LogP contribution in [0.5, 0.6) is 5.75 Å². The highest BCUT2D eigenvalue weighted by Crippen LogP contribution is 2.49. The van der Waals surface area contributed by atoms with E-state index in [0.717, 1.165) is 41.8 Å². The molecule has 0 unspecified atom stereocenters. The number of halogens is 2. The molecule has 2 aromatic carbocycles. The number of carbonyl (C=O) groups excluding carboxylic acids is 1. The van der Waals surface area contributed by atoms with E-state index in [1.807, 2.05) is 13.0 Å². The third-order valence-electron chi connectivity index (χ3n) is 6.80. The Labute approximate surface area is 203 Å². The van der Waals surface area contributed by atoms with Crippen LogP contribution in [0.15, 0.2) is 23.1 Å². The topological polar surface area (TPSA) is 38.3 Å². The molecule has 3 nitrogen and oxygen atoms in total. The summed E-state index contributed by atoms with van der Waals surface area (Å²) in [6, 6.07) is 5.15. The average Bonchev–Trinajstić information content (AvgIpc) is 3.04. The van der Waals surface area contributed by atoms with E-state index in [9.17, 15) is 4.79 Å². The predicted molar refractivity (Wildman–Crippen MR) is 135 cm³/mol. The van der Waals surface area contributed by atoms with Crippen LogP contribution in [0, 0.1) is 18.6 Å². The van der Waals surface area contributed by atoms with Gasteiger partial charge in [-0.15, -0.1) is 0 Å². The molecule has 1 aliphatic heterocycles. The highest BCUT2D eigenvalue weighted by Gasteiger charge is 2.38. The predicted octanol–water partition coefficient (Wildman–Crippen LogP) is 6.79. The van der Waals surface area contributed by atoms with E-state index in [2.05, 4.69) is 39.1 Å². The molecule has 33 heavy (non-hydrogen) atoms. The van der Waals surface area contributed by atoms with E-state index in [-0.39, 0.29) is 36.9 Å². The van der Waals surface area contributed by atoms with Crippen LogP contribution in [-0.4, -0.2) is 17.3 Å². The van der Waals surface area contributed by atoms with E-state index in [1.165, 1.54) is 18.7 Å². The van der Waals surface area contributed by atoms with Crippen LogP contribution in [-0.2, 0) is 15.6 Å². The molecule has 0 bridgehead atoms. The van der Waals surface area contributed by atoms with E-state index >= 15 is 8.78 Å². The van der Waals surface area contributed by atoms with Crippen LogP contribution in [0.1, 0.15) is 62.8 Å². The summed E-state index contributed by atoms with van der Waals surface area (Å²) in [5, 5.41) is 2.50. The maximum Gasteiger partial charge on any atom is 0.263 e. The molecule has 1 heterocycles. The normalized spacial score (nSPS) is 20.1. The summed E-state index contributed by atoms with van der Waals surface area (Å²) in [5.74, 6) is -1.90. The van der Waals surface area contributed by atoms with Crippen LogP contribution < -0.4 is 10.1 Å². The summed E-state index contributed by atoms with van der Waals surface area (Å²) in [6.07, 6.45) is 3.39. The number of methoxy groups -OCH3 is 1. The minimum atomic E-state index is -0.691. The Kier molecular flexibility index (Phi) is 5.94. The zero-order valence-corrected chi connectivity index (χ0v) is 21.2. The summed E-state index contributed by atoms with van der Waals surface area (Å²) in [7, 11) is 1.33. The summed E-state index contributed by atoms with van der Waals surface area (Å²) < 4.78 is 36.7. The zero-order valence-electron chi connectivity index (χ0n) is 19.6. The van der Waals surface area contributed by atoms with Gasteiger partial charge in [0, 0.05) is 5.56 Å². The van der Waals surface area contributed by atoms with Gasteiger partial charge in [-0.25, -0.2) is 8.78 Å². The quantitative estimate of drug-likeness (QED) is 0.382. The lowest BCUT2D eigenvalue weighted by Crippen LogP contribution is -2.34. The number of amides is 1. The molecule has 1 saturated heterocycles. The van der Waals surface area contributed by atoms with Crippen molar-refractivity contribution in [1.82, 2.24) is 5.32 Å². The van der Waals surface area contributed by atoms with Gasteiger partial charge in [0.15, 0.2) is 11.6 Å². The maximum absolute atomic E-state index is 16.0. The number of fused-ring (bicyclic) bond motifs is 1. The maximum atomic E-state index is 16.0. The van der Waals surface area contributed by atoms with Gasteiger partial charge in [-0.05, 0) is 71.1 Å². The minimum absolute atomic E-state index is 0.000231. The van der Waals surface area contributed by atoms with Crippen LogP contribution in [0.4, 0.5) is 8.78 Å². The van der Waals surface area contributed by atoms with Crippen molar-refractivity contribution < 1.29 is 18.3 Å². The number of thiocarbonyl (C=S) groups is 1. The van der Waals surface area contributed by atoms with E-state index < -0.39 is 17.5 Å². The Morgan fingerprint density at radius 3 is 2.24 bits per heavy atom. The standard InChI is InChI=1S/C26H27F2NO2S2/c1-13-9-16-17(26(4,5)8-7-25(16,2)3)12-15(13)20-21(28)14(10-18(27)22(20)31-6)11-19-23(30)29-24(32)33-19/h9-12H,7-8H2,1-6H3,(H,29,30,32)/b19-11-. The molecule has 0 spiro atoms. The monoisotopic (exact) mass is 487 g/mol. The number of aryl methyl sites for hydroxylation is 1. The van der Waals surface area contributed by atoms with Gasteiger partial charge in [0.1, 0.15) is 10.1 Å². The zero-order chi connectivity index (χ0) is 24.3. The Morgan fingerprint density at radius 2 is 1.70 bits per heavy atom. The van der Waals surface area contributed by atoms with Gasteiger partial charge in [-0.3, -0.25) is 4.79 Å². The molecule has 0 atom stereocenters. The van der Waals surface area contributed by atoms with Crippen molar-refractivity contribution in [2.45, 2.75) is 58.3 Å². The van der Waals surface area contributed by atoms with Gasteiger partial charge in [-0.1, -0.05) is 57.7 Å². The summed E-state index contributed by atoms with van der Waals surface area (Å²) in [4.78, 5) is 12.3. The number of hydrogen-bond acceptors (Lipinski definition) is 4. The summed E-state index contributed by atoms with van der Waals surface area (Å²) >= 11 is 6.03. The Bertz CT molecular complexity index is 1230. The summed E-state index contributed by atoms with van der Waals surface area (Å²) in [5.41, 5.74) is 3.76. The lowest BCUT2D eigenvalue weighted by molar-refractivity contribution is -0.115. The second-order valence-corrected chi connectivity index (χ2v) is 11.7. The van der Waals surface area contributed by atoms with Gasteiger partial charge in [0.05, 0.1) is 17.6 Å². The highest BCUT2D eigenvalue weighted by molar-refractivity contribution is 8.26. The van der Waals surface area contributed by atoms with Gasteiger partial charge in [0.25, 0.3) is 5.91 Å². The third kappa shape index (κ3) is 4.10. The second kappa shape index (κ2) is 8.20. The van der Waals surface area contributed by atoms with Crippen molar-refractivity contribution in [3.8, 4) is 16.9 Å². The van der Waals surface area contributed by atoms with Crippen molar-refractivity contribution in [2.75, 3.05) is 7.11 Å². The molecule has 0 saturated carbocycles. The average molecular weight is 488 g/mol. The summed E-state index contributed by atoms with van der Waals surface area (Å²) in [6.45, 7) is 10.7. The number of benzene rings is 2. The molecule has 1 aliphatic carbocycles. The lowest BCUT2D eigenvalue weighted by atomic mass is 9.62.